The molecule has 0 spiro atoms. The number of aromatic nitrogens is 4. The maximum atomic E-state index is 12.0. The van der Waals surface area contributed by atoms with Crippen LogP contribution in [-0.2, 0) is 6.42 Å². The van der Waals surface area contributed by atoms with Crippen molar-refractivity contribution >= 4 is 23.1 Å². The monoisotopic (exact) mass is 328 g/mol. The van der Waals surface area contributed by atoms with E-state index in [9.17, 15) is 4.79 Å². The van der Waals surface area contributed by atoms with Crippen molar-refractivity contribution in [2.75, 3.05) is 11.9 Å². The van der Waals surface area contributed by atoms with Crippen molar-refractivity contribution in [3.63, 3.8) is 0 Å². The molecule has 3 rings (SSSR count). The number of hydrogen-bond acceptors (Lipinski definition) is 5. The molecule has 0 unspecified atom stereocenters. The summed E-state index contributed by atoms with van der Waals surface area (Å²) in [6.45, 7) is 2.53. The molecule has 2 N–H and O–H groups in total. The van der Waals surface area contributed by atoms with Crippen LogP contribution >= 0.6 is 11.3 Å². The first-order valence-corrected chi connectivity index (χ1v) is 8.01. The van der Waals surface area contributed by atoms with Gasteiger partial charge in [-0.2, -0.15) is 0 Å². The molecule has 0 bridgehead atoms. The minimum atomic E-state index is -0.224. The van der Waals surface area contributed by atoms with E-state index in [-0.39, 0.29) is 6.03 Å². The standard InChI is InChI=1S/C15H16N6OS/c1-11-4-5-12(21-10-17-19-20-21)9-14(11)18-15(22)16-7-6-13-3-2-8-23-13/h2-5,8-10H,6-7H2,1H3,(H2,16,18,22). The summed E-state index contributed by atoms with van der Waals surface area (Å²) in [7, 11) is 0. The number of rotatable bonds is 5. The molecule has 0 aliphatic rings. The van der Waals surface area contributed by atoms with Crippen LogP contribution in [0.4, 0.5) is 10.5 Å². The fourth-order valence-electron chi connectivity index (χ4n) is 2.09. The lowest BCUT2D eigenvalue weighted by atomic mass is 10.2. The first-order chi connectivity index (χ1) is 11.2. The summed E-state index contributed by atoms with van der Waals surface area (Å²) < 4.78 is 1.54. The highest BCUT2D eigenvalue weighted by atomic mass is 32.1. The smallest absolute Gasteiger partial charge is 0.319 e. The van der Waals surface area contributed by atoms with E-state index in [0.29, 0.717) is 6.54 Å². The minimum absolute atomic E-state index is 0.224. The summed E-state index contributed by atoms with van der Waals surface area (Å²) in [4.78, 5) is 13.3. The van der Waals surface area contributed by atoms with Crippen LogP contribution in [0.5, 0.6) is 0 Å². The number of carbonyl (C=O) groups is 1. The van der Waals surface area contributed by atoms with Crippen LogP contribution in [0.15, 0.2) is 42.0 Å². The van der Waals surface area contributed by atoms with Gasteiger partial charge in [0.05, 0.1) is 5.69 Å². The first kappa shape index (κ1) is 15.2. The molecule has 2 heterocycles. The van der Waals surface area contributed by atoms with Gasteiger partial charge >= 0.3 is 6.03 Å². The van der Waals surface area contributed by atoms with Gasteiger partial charge in [-0.1, -0.05) is 12.1 Å². The number of carbonyl (C=O) groups excluding carboxylic acids is 1. The Morgan fingerprint density at radius 2 is 2.26 bits per heavy atom. The summed E-state index contributed by atoms with van der Waals surface area (Å²) in [5, 5.41) is 18.8. The van der Waals surface area contributed by atoms with Gasteiger partial charge < -0.3 is 10.6 Å². The second-order valence-electron chi connectivity index (χ2n) is 4.96. The fraction of sp³-hybridized carbons (Fsp3) is 0.200. The fourth-order valence-corrected chi connectivity index (χ4v) is 2.80. The van der Waals surface area contributed by atoms with Gasteiger partial charge in [-0.3, -0.25) is 0 Å². The van der Waals surface area contributed by atoms with Crippen LogP contribution in [0.25, 0.3) is 5.69 Å². The number of benzene rings is 1. The minimum Gasteiger partial charge on any atom is -0.338 e. The third-order valence-electron chi connectivity index (χ3n) is 3.32. The van der Waals surface area contributed by atoms with E-state index in [1.165, 1.54) is 11.2 Å². The molecular weight excluding hydrogens is 312 g/mol. The van der Waals surface area contributed by atoms with Crippen molar-refractivity contribution in [1.29, 1.82) is 0 Å². The van der Waals surface area contributed by atoms with Crippen LogP contribution < -0.4 is 10.6 Å². The molecule has 2 amide bonds. The Labute approximate surface area is 137 Å². The molecule has 118 valence electrons. The third-order valence-corrected chi connectivity index (χ3v) is 4.26. The lowest BCUT2D eigenvalue weighted by Crippen LogP contribution is -2.30. The van der Waals surface area contributed by atoms with Crippen LogP contribution in [-0.4, -0.2) is 32.8 Å². The molecule has 23 heavy (non-hydrogen) atoms. The van der Waals surface area contributed by atoms with E-state index in [1.807, 2.05) is 36.6 Å². The second-order valence-corrected chi connectivity index (χ2v) is 6.00. The Bertz CT molecular complexity index is 769. The Morgan fingerprint density at radius 3 is 3.00 bits per heavy atom. The highest BCUT2D eigenvalue weighted by Crippen LogP contribution is 2.18. The van der Waals surface area contributed by atoms with E-state index >= 15 is 0 Å². The number of nitrogens with zero attached hydrogens (tertiary/aromatic N) is 4. The maximum Gasteiger partial charge on any atom is 0.319 e. The molecule has 7 nitrogen and oxygen atoms in total. The lowest BCUT2D eigenvalue weighted by molar-refractivity contribution is 0.252. The second kappa shape index (κ2) is 7.01. The average molecular weight is 328 g/mol. The number of hydrogen-bond donors (Lipinski definition) is 2. The van der Waals surface area contributed by atoms with Gasteiger partial charge in [0.2, 0.25) is 0 Å². The largest absolute Gasteiger partial charge is 0.338 e. The third kappa shape index (κ3) is 3.92. The molecule has 1 aromatic carbocycles. The summed E-state index contributed by atoms with van der Waals surface area (Å²) in [5.41, 5.74) is 2.48. The number of urea groups is 1. The quantitative estimate of drug-likeness (QED) is 0.753. The summed E-state index contributed by atoms with van der Waals surface area (Å²) in [5.74, 6) is 0. The van der Waals surface area contributed by atoms with E-state index in [2.05, 4.69) is 32.2 Å². The zero-order valence-electron chi connectivity index (χ0n) is 12.6. The van der Waals surface area contributed by atoms with Crippen molar-refractivity contribution in [3.05, 3.63) is 52.5 Å². The van der Waals surface area contributed by atoms with Gasteiger partial charge in [-0.05, 0) is 52.9 Å². The lowest BCUT2D eigenvalue weighted by Gasteiger charge is -2.11. The number of aryl methyl sites for hydroxylation is 1. The predicted molar refractivity (Wildman–Crippen MR) is 88.9 cm³/mol. The van der Waals surface area contributed by atoms with Gasteiger partial charge in [-0.15, -0.1) is 16.4 Å². The number of anilines is 1. The predicted octanol–water partition coefficient (Wildman–Crippen LogP) is 2.40. The summed E-state index contributed by atoms with van der Waals surface area (Å²) >= 11 is 1.69. The summed E-state index contributed by atoms with van der Waals surface area (Å²) in [6, 6.07) is 9.49. The molecule has 0 atom stereocenters. The Hall–Kier alpha value is -2.74. The normalized spacial score (nSPS) is 10.5. The summed E-state index contributed by atoms with van der Waals surface area (Å²) in [6.07, 6.45) is 2.34. The van der Waals surface area contributed by atoms with Crippen molar-refractivity contribution in [2.24, 2.45) is 0 Å². The topological polar surface area (TPSA) is 84.7 Å². The van der Waals surface area contributed by atoms with Crippen molar-refractivity contribution in [1.82, 2.24) is 25.5 Å². The molecule has 0 aliphatic carbocycles. The Kier molecular flexibility index (Phi) is 4.62. The number of amides is 2. The van der Waals surface area contributed by atoms with Crippen LogP contribution in [0.1, 0.15) is 10.4 Å². The van der Waals surface area contributed by atoms with Gasteiger partial charge in [-0.25, -0.2) is 9.48 Å². The van der Waals surface area contributed by atoms with E-state index < -0.39 is 0 Å². The zero-order valence-corrected chi connectivity index (χ0v) is 13.4. The maximum absolute atomic E-state index is 12.0. The highest BCUT2D eigenvalue weighted by molar-refractivity contribution is 7.09. The van der Waals surface area contributed by atoms with E-state index in [4.69, 9.17) is 0 Å². The molecule has 0 saturated carbocycles. The number of tetrazole rings is 1. The first-order valence-electron chi connectivity index (χ1n) is 7.13. The van der Waals surface area contributed by atoms with Crippen molar-refractivity contribution in [2.45, 2.75) is 13.3 Å². The molecule has 0 fully saturated rings. The number of nitrogens with one attached hydrogen (secondary N) is 2. The van der Waals surface area contributed by atoms with E-state index in [1.54, 1.807) is 16.0 Å². The van der Waals surface area contributed by atoms with Crippen LogP contribution in [0.3, 0.4) is 0 Å². The van der Waals surface area contributed by atoms with Crippen molar-refractivity contribution < 1.29 is 4.79 Å². The van der Waals surface area contributed by atoms with Crippen LogP contribution in [0, 0.1) is 6.92 Å². The number of thiophene rings is 1. The molecule has 8 heteroatoms. The molecule has 2 aromatic heterocycles. The van der Waals surface area contributed by atoms with Gasteiger partial charge in [0, 0.05) is 17.1 Å². The van der Waals surface area contributed by atoms with Gasteiger partial charge in [0.1, 0.15) is 6.33 Å². The molecule has 0 aliphatic heterocycles. The average Bonchev–Trinajstić information content (AvgIpc) is 3.22. The Balaban J connectivity index is 1.60. The molecule has 0 radical (unpaired) electrons. The molecule has 0 saturated heterocycles. The highest BCUT2D eigenvalue weighted by Gasteiger charge is 2.07. The van der Waals surface area contributed by atoms with Gasteiger partial charge in [0.25, 0.3) is 0 Å². The van der Waals surface area contributed by atoms with Crippen molar-refractivity contribution in [3.8, 4) is 5.69 Å². The molecular formula is C15H16N6OS. The van der Waals surface area contributed by atoms with Crippen LogP contribution in [0.2, 0.25) is 0 Å². The van der Waals surface area contributed by atoms with Gasteiger partial charge in [0.15, 0.2) is 0 Å². The Morgan fingerprint density at radius 1 is 1.35 bits per heavy atom. The zero-order chi connectivity index (χ0) is 16.1. The molecule has 3 aromatic rings. The van der Waals surface area contributed by atoms with E-state index in [0.717, 1.165) is 23.4 Å². The SMILES string of the molecule is Cc1ccc(-n2cnnn2)cc1NC(=O)NCCc1cccs1.